The monoisotopic (exact) mass is 172 g/mol. The van der Waals surface area contributed by atoms with Gasteiger partial charge in [0.1, 0.15) is 5.75 Å². The molecule has 0 heterocycles. The van der Waals surface area contributed by atoms with Gasteiger partial charge in [0.05, 0.1) is 0 Å². The number of methoxy groups -OCH3 is 1. The summed E-state index contributed by atoms with van der Waals surface area (Å²) in [5, 5.41) is 8.84. The van der Waals surface area contributed by atoms with E-state index in [1.807, 2.05) is 0 Å². The van der Waals surface area contributed by atoms with Gasteiger partial charge in [0, 0.05) is 13.2 Å². The average molecular weight is 172 g/mol. The van der Waals surface area contributed by atoms with Crippen molar-refractivity contribution in [2.24, 2.45) is 0 Å². The number of hydrogen-bond acceptors (Lipinski definition) is 3. The van der Waals surface area contributed by atoms with E-state index in [1.165, 1.54) is 19.2 Å². The van der Waals surface area contributed by atoms with Crippen LogP contribution in [0, 0.1) is 5.82 Å². The highest BCUT2D eigenvalue weighted by Gasteiger charge is 2.02. The Morgan fingerprint density at radius 2 is 2.25 bits per heavy atom. The van der Waals surface area contributed by atoms with Crippen LogP contribution in [0.25, 0.3) is 0 Å². The molecule has 0 aliphatic heterocycles. The molecule has 0 saturated carbocycles. The van der Waals surface area contributed by atoms with Crippen LogP contribution in [0.15, 0.2) is 18.2 Å². The van der Waals surface area contributed by atoms with E-state index < -0.39 is 5.82 Å². The zero-order valence-electron chi connectivity index (χ0n) is 6.58. The second-order valence-corrected chi connectivity index (χ2v) is 2.17. The number of ether oxygens (including phenoxy) is 2. The maximum Gasteiger partial charge on any atom is 0.188 e. The minimum absolute atomic E-state index is 0.0122. The number of halogens is 1. The smallest absolute Gasteiger partial charge is 0.188 e. The first-order valence-corrected chi connectivity index (χ1v) is 3.34. The molecule has 1 aromatic carbocycles. The second-order valence-electron chi connectivity index (χ2n) is 2.17. The maximum absolute atomic E-state index is 12.8. The second kappa shape index (κ2) is 3.92. The third-order valence-electron chi connectivity index (χ3n) is 1.25. The van der Waals surface area contributed by atoms with Crippen LogP contribution in [0.4, 0.5) is 4.39 Å². The minimum atomic E-state index is -0.605. The molecule has 1 N–H and O–H groups in total. The molecule has 1 rings (SSSR count). The Bertz CT molecular complexity index is 262. The molecule has 3 nitrogen and oxygen atoms in total. The van der Waals surface area contributed by atoms with Crippen LogP contribution in [0.1, 0.15) is 0 Å². The van der Waals surface area contributed by atoms with Crippen molar-refractivity contribution in [2.75, 3.05) is 13.9 Å². The lowest BCUT2D eigenvalue weighted by Gasteiger charge is -2.04. The van der Waals surface area contributed by atoms with E-state index in [2.05, 4.69) is 4.74 Å². The van der Waals surface area contributed by atoms with Gasteiger partial charge in [0.25, 0.3) is 0 Å². The van der Waals surface area contributed by atoms with E-state index in [0.717, 1.165) is 6.07 Å². The van der Waals surface area contributed by atoms with E-state index >= 15 is 0 Å². The van der Waals surface area contributed by atoms with Gasteiger partial charge in [-0.15, -0.1) is 0 Å². The van der Waals surface area contributed by atoms with Crippen molar-refractivity contribution >= 4 is 0 Å². The Kier molecular flexibility index (Phi) is 2.88. The molecule has 1 aromatic rings. The van der Waals surface area contributed by atoms with E-state index in [4.69, 9.17) is 9.84 Å². The summed E-state index contributed by atoms with van der Waals surface area (Å²) >= 11 is 0. The Morgan fingerprint density at radius 3 is 2.83 bits per heavy atom. The zero-order chi connectivity index (χ0) is 8.97. The Hall–Kier alpha value is -1.29. The lowest BCUT2D eigenvalue weighted by molar-refractivity contribution is 0.0482. The minimum Gasteiger partial charge on any atom is -0.508 e. The topological polar surface area (TPSA) is 38.7 Å². The molecule has 0 aliphatic carbocycles. The summed E-state index contributed by atoms with van der Waals surface area (Å²) < 4.78 is 22.2. The summed E-state index contributed by atoms with van der Waals surface area (Å²) in [5.41, 5.74) is 0. The molecule has 0 fully saturated rings. The van der Waals surface area contributed by atoms with Gasteiger partial charge in [-0.3, -0.25) is 0 Å². The van der Waals surface area contributed by atoms with Crippen molar-refractivity contribution in [3.63, 3.8) is 0 Å². The quantitative estimate of drug-likeness (QED) is 0.702. The number of phenolic OH excluding ortho intramolecular Hbond substituents is 1. The Morgan fingerprint density at radius 1 is 1.50 bits per heavy atom. The first-order valence-electron chi connectivity index (χ1n) is 3.34. The van der Waals surface area contributed by atoms with Crippen LogP contribution < -0.4 is 4.74 Å². The third kappa shape index (κ3) is 2.10. The number of benzene rings is 1. The Balaban J connectivity index is 2.72. The number of aromatic hydroxyl groups is 1. The molecule has 0 aliphatic rings. The zero-order valence-corrected chi connectivity index (χ0v) is 6.58. The molecular weight excluding hydrogens is 163 g/mol. The predicted octanol–water partition coefficient (Wildman–Crippen LogP) is 1.51. The summed E-state index contributed by atoms with van der Waals surface area (Å²) in [7, 11) is 1.44. The van der Waals surface area contributed by atoms with Crippen molar-refractivity contribution in [3.05, 3.63) is 24.0 Å². The summed E-state index contributed by atoms with van der Waals surface area (Å²) in [6, 6.07) is 3.66. The van der Waals surface area contributed by atoms with Crippen LogP contribution in [0.2, 0.25) is 0 Å². The van der Waals surface area contributed by atoms with E-state index in [0.29, 0.717) is 0 Å². The first-order chi connectivity index (χ1) is 5.74. The van der Waals surface area contributed by atoms with Crippen LogP contribution in [0.3, 0.4) is 0 Å². The van der Waals surface area contributed by atoms with Gasteiger partial charge in [0.2, 0.25) is 0 Å². The third-order valence-corrected chi connectivity index (χ3v) is 1.25. The van der Waals surface area contributed by atoms with Gasteiger partial charge in [0.15, 0.2) is 18.4 Å². The highest BCUT2D eigenvalue weighted by atomic mass is 19.1. The van der Waals surface area contributed by atoms with E-state index in [-0.39, 0.29) is 18.3 Å². The standard InChI is InChI=1S/C8H9FO3/c1-11-5-12-8-3-2-6(10)4-7(8)9/h2-4,10H,5H2,1H3. The summed E-state index contributed by atoms with van der Waals surface area (Å²) in [4.78, 5) is 0. The molecular formula is C8H9FO3. The van der Waals surface area contributed by atoms with Crippen molar-refractivity contribution in [2.45, 2.75) is 0 Å². The molecule has 0 amide bonds. The van der Waals surface area contributed by atoms with Crippen molar-refractivity contribution in [3.8, 4) is 11.5 Å². The molecule has 0 bridgehead atoms. The SMILES string of the molecule is COCOc1ccc(O)cc1F. The van der Waals surface area contributed by atoms with Crippen molar-refractivity contribution in [1.29, 1.82) is 0 Å². The maximum atomic E-state index is 12.8. The summed E-state index contributed by atoms with van der Waals surface area (Å²) in [6.07, 6.45) is 0. The highest BCUT2D eigenvalue weighted by molar-refractivity contribution is 5.31. The largest absolute Gasteiger partial charge is 0.508 e. The van der Waals surface area contributed by atoms with Crippen molar-refractivity contribution < 1.29 is 19.0 Å². The normalized spacial score (nSPS) is 9.83. The van der Waals surface area contributed by atoms with Crippen molar-refractivity contribution in [1.82, 2.24) is 0 Å². The molecule has 66 valence electrons. The molecule has 0 saturated heterocycles. The number of phenols is 1. The van der Waals surface area contributed by atoms with Crippen LogP contribution in [0.5, 0.6) is 11.5 Å². The van der Waals surface area contributed by atoms with E-state index in [9.17, 15) is 4.39 Å². The number of rotatable bonds is 3. The lowest BCUT2D eigenvalue weighted by atomic mass is 10.3. The fourth-order valence-corrected chi connectivity index (χ4v) is 0.729. The lowest BCUT2D eigenvalue weighted by Crippen LogP contribution is -2.00. The predicted molar refractivity (Wildman–Crippen MR) is 40.6 cm³/mol. The van der Waals surface area contributed by atoms with Gasteiger partial charge in [-0.25, -0.2) is 4.39 Å². The molecule has 4 heteroatoms. The molecule has 12 heavy (non-hydrogen) atoms. The fourth-order valence-electron chi connectivity index (χ4n) is 0.729. The van der Waals surface area contributed by atoms with Gasteiger partial charge in [-0.1, -0.05) is 0 Å². The van der Waals surface area contributed by atoms with E-state index in [1.54, 1.807) is 0 Å². The summed E-state index contributed by atoms with van der Waals surface area (Å²) in [5.74, 6) is -0.668. The van der Waals surface area contributed by atoms with Gasteiger partial charge < -0.3 is 14.6 Å². The molecule has 0 atom stereocenters. The van der Waals surface area contributed by atoms with Crippen LogP contribution in [-0.2, 0) is 4.74 Å². The Labute approximate surface area is 69.3 Å². The fraction of sp³-hybridized carbons (Fsp3) is 0.250. The summed E-state index contributed by atoms with van der Waals surface area (Å²) in [6.45, 7) is -0.0122. The number of hydrogen-bond donors (Lipinski definition) is 1. The van der Waals surface area contributed by atoms with Gasteiger partial charge in [-0.05, 0) is 12.1 Å². The van der Waals surface area contributed by atoms with Crippen LogP contribution in [-0.4, -0.2) is 19.0 Å². The molecule has 0 spiro atoms. The molecule has 0 unspecified atom stereocenters. The molecule has 0 aromatic heterocycles. The van der Waals surface area contributed by atoms with Gasteiger partial charge in [-0.2, -0.15) is 0 Å². The first kappa shape index (κ1) is 8.80. The molecule has 0 radical (unpaired) electrons. The average Bonchev–Trinajstić information content (AvgIpc) is 2.03. The highest BCUT2D eigenvalue weighted by Crippen LogP contribution is 2.21. The van der Waals surface area contributed by atoms with Crippen LogP contribution >= 0.6 is 0 Å². The van der Waals surface area contributed by atoms with Gasteiger partial charge >= 0.3 is 0 Å².